The summed E-state index contributed by atoms with van der Waals surface area (Å²) >= 11 is 6.15. The number of hydrogen-bond acceptors (Lipinski definition) is 5. The van der Waals surface area contributed by atoms with Crippen molar-refractivity contribution >= 4 is 45.5 Å². The zero-order valence-corrected chi connectivity index (χ0v) is 12.6. The van der Waals surface area contributed by atoms with Crippen LogP contribution in [-0.2, 0) is 4.79 Å². The van der Waals surface area contributed by atoms with Gasteiger partial charge in [0.25, 0.3) is 0 Å². The van der Waals surface area contributed by atoms with Crippen LogP contribution in [0.1, 0.15) is 12.5 Å². The average molecular weight is 307 g/mol. The minimum atomic E-state index is -0.165. The van der Waals surface area contributed by atoms with E-state index in [9.17, 15) is 4.79 Å². The number of rotatable bonds is 3. The van der Waals surface area contributed by atoms with Crippen LogP contribution < -0.4 is 16.4 Å². The van der Waals surface area contributed by atoms with E-state index in [1.807, 2.05) is 18.4 Å². The van der Waals surface area contributed by atoms with E-state index in [1.165, 1.54) is 18.3 Å². The van der Waals surface area contributed by atoms with Gasteiger partial charge >= 0.3 is 0 Å². The number of nitrogens with zero attached hydrogens (tertiary/aromatic N) is 2. The highest BCUT2D eigenvalue weighted by atomic mass is 32.1. The van der Waals surface area contributed by atoms with Gasteiger partial charge in [-0.05, 0) is 30.8 Å². The Bertz CT molecular complexity index is 668. The zero-order chi connectivity index (χ0) is 14.7. The first kappa shape index (κ1) is 14.4. The van der Waals surface area contributed by atoms with Crippen LogP contribution in [-0.4, -0.2) is 21.0 Å². The number of nitrogens with two attached hydrogens (primary N) is 1. The molecule has 0 aromatic carbocycles. The second kappa shape index (κ2) is 5.93. The molecule has 0 spiro atoms. The maximum Gasteiger partial charge on any atom is 0.222 e. The smallest absolute Gasteiger partial charge is 0.222 e. The van der Waals surface area contributed by atoms with Gasteiger partial charge in [-0.2, -0.15) is 0 Å². The van der Waals surface area contributed by atoms with Gasteiger partial charge in [0.15, 0.2) is 10.2 Å². The molecule has 104 valence electrons. The lowest BCUT2D eigenvalue weighted by Crippen LogP contribution is -2.18. The van der Waals surface area contributed by atoms with Gasteiger partial charge in [-0.1, -0.05) is 6.07 Å². The topological polar surface area (TPSA) is 92.9 Å². The van der Waals surface area contributed by atoms with Crippen LogP contribution in [0.15, 0.2) is 17.5 Å². The number of carbonyl (C=O) groups excluding carboxylic acids is 1. The van der Waals surface area contributed by atoms with Crippen molar-refractivity contribution in [1.82, 2.24) is 9.97 Å². The molecule has 6 nitrogen and oxygen atoms in total. The van der Waals surface area contributed by atoms with Gasteiger partial charge in [-0.15, -0.1) is 11.3 Å². The molecule has 0 atom stereocenters. The summed E-state index contributed by atoms with van der Waals surface area (Å²) in [5.74, 6) is 0.330. The van der Waals surface area contributed by atoms with E-state index < -0.39 is 0 Å². The number of thiazole rings is 1. The monoisotopic (exact) mass is 307 g/mol. The first-order valence-corrected chi connectivity index (χ1v) is 7.02. The predicted molar refractivity (Wildman–Crippen MR) is 84.8 cm³/mol. The second-order valence-electron chi connectivity index (χ2n) is 4.07. The standard InChI is InChI=1S/C12H13N5OS2/c1-6-3-4-9(14-7(2)18)16-10(6)8-5-20-12(15-8)17-11(13)19/h3-5H,1-2H3,(H,14,16,18)(H3,13,15,17,19). The van der Waals surface area contributed by atoms with Crippen LogP contribution >= 0.6 is 23.6 Å². The number of aromatic nitrogens is 2. The van der Waals surface area contributed by atoms with Crippen molar-refractivity contribution in [2.75, 3.05) is 10.6 Å². The highest BCUT2D eigenvalue weighted by molar-refractivity contribution is 7.80. The number of nitrogens with one attached hydrogen (secondary N) is 2. The van der Waals surface area contributed by atoms with Gasteiger partial charge in [-0.3, -0.25) is 4.79 Å². The Morgan fingerprint density at radius 3 is 2.75 bits per heavy atom. The van der Waals surface area contributed by atoms with Crippen molar-refractivity contribution in [3.8, 4) is 11.4 Å². The number of hydrogen-bond donors (Lipinski definition) is 3. The van der Waals surface area contributed by atoms with Gasteiger partial charge in [0.2, 0.25) is 5.91 Å². The van der Waals surface area contributed by atoms with Crippen LogP contribution in [0.2, 0.25) is 0 Å². The largest absolute Gasteiger partial charge is 0.376 e. The highest BCUT2D eigenvalue weighted by Crippen LogP contribution is 2.27. The lowest BCUT2D eigenvalue weighted by Gasteiger charge is -2.06. The van der Waals surface area contributed by atoms with E-state index in [4.69, 9.17) is 18.0 Å². The number of carbonyl (C=O) groups is 1. The van der Waals surface area contributed by atoms with E-state index >= 15 is 0 Å². The molecule has 0 saturated heterocycles. The Hall–Kier alpha value is -2.06. The molecule has 20 heavy (non-hydrogen) atoms. The quantitative estimate of drug-likeness (QED) is 0.752. The fourth-order valence-corrected chi connectivity index (χ4v) is 2.45. The molecule has 2 heterocycles. The fourth-order valence-electron chi connectivity index (χ4n) is 1.58. The van der Waals surface area contributed by atoms with Crippen molar-refractivity contribution in [3.63, 3.8) is 0 Å². The molecule has 2 rings (SSSR count). The molecule has 0 saturated carbocycles. The lowest BCUT2D eigenvalue weighted by atomic mass is 10.2. The average Bonchev–Trinajstić information content (AvgIpc) is 2.78. The van der Waals surface area contributed by atoms with Crippen LogP contribution in [0.4, 0.5) is 10.9 Å². The summed E-state index contributed by atoms with van der Waals surface area (Å²) in [7, 11) is 0. The molecule has 2 aromatic rings. The van der Waals surface area contributed by atoms with Crippen LogP contribution in [0.5, 0.6) is 0 Å². The van der Waals surface area contributed by atoms with E-state index in [0.717, 1.165) is 5.56 Å². The summed E-state index contributed by atoms with van der Waals surface area (Å²) in [4.78, 5) is 19.8. The molecule has 0 aliphatic rings. The van der Waals surface area contributed by atoms with Crippen molar-refractivity contribution in [2.24, 2.45) is 5.73 Å². The summed E-state index contributed by atoms with van der Waals surface area (Å²) in [5, 5.41) is 8.06. The zero-order valence-electron chi connectivity index (χ0n) is 10.9. The molecule has 2 aromatic heterocycles. The summed E-state index contributed by atoms with van der Waals surface area (Å²) in [5.41, 5.74) is 7.79. The third kappa shape index (κ3) is 3.49. The minimum Gasteiger partial charge on any atom is -0.376 e. The number of thiocarbonyl (C=S) groups is 1. The summed E-state index contributed by atoms with van der Waals surface area (Å²) < 4.78 is 0. The van der Waals surface area contributed by atoms with Crippen molar-refractivity contribution in [3.05, 3.63) is 23.1 Å². The normalized spacial score (nSPS) is 10.1. The molecule has 8 heteroatoms. The van der Waals surface area contributed by atoms with Crippen LogP contribution in [0.3, 0.4) is 0 Å². The molecule has 0 radical (unpaired) electrons. The third-order valence-electron chi connectivity index (χ3n) is 2.38. The van der Waals surface area contributed by atoms with Gasteiger partial charge < -0.3 is 16.4 Å². The van der Waals surface area contributed by atoms with Gasteiger partial charge in [0.05, 0.1) is 5.69 Å². The second-order valence-corrected chi connectivity index (χ2v) is 5.37. The number of aryl methyl sites for hydroxylation is 1. The Balaban J connectivity index is 2.33. The van der Waals surface area contributed by atoms with E-state index in [-0.39, 0.29) is 11.0 Å². The SMILES string of the molecule is CC(=O)Nc1ccc(C)c(-c2csc(NC(N)=S)n2)n1. The molecule has 0 bridgehead atoms. The molecule has 0 aliphatic heterocycles. The summed E-state index contributed by atoms with van der Waals surface area (Å²) in [6.07, 6.45) is 0. The van der Waals surface area contributed by atoms with E-state index in [2.05, 4.69) is 20.6 Å². The molecule has 0 aliphatic carbocycles. The van der Waals surface area contributed by atoms with E-state index in [1.54, 1.807) is 6.07 Å². The van der Waals surface area contributed by atoms with Crippen molar-refractivity contribution in [1.29, 1.82) is 0 Å². The highest BCUT2D eigenvalue weighted by Gasteiger charge is 2.10. The maximum absolute atomic E-state index is 11.1. The van der Waals surface area contributed by atoms with Gasteiger partial charge in [0, 0.05) is 12.3 Å². The number of pyridine rings is 1. The van der Waals surface area contributed by atoms with E-state index in [0.29, 0.717) is 22.3 Å². The number of anilines is 2. The lowest BCUT2D eigenvalue weighted by molar-refractivity contribution is -0.114. The van der Waals surface area contributed by atoms with Crippen LogP contribution in [0.25, 0.3) is 11.4 Å². The minimum absolute atomic E-state index is 0.165. The molecular weight excluding hydrogens is 294 g/mol. The van der Waals surface area contributed by atoms with Crippen LogP contribution in [0, 0.1) is 6.92 Å². The molecule has 0 fully saturated rings. The first-order chi connectivity index (χ1) is 9.45. The molecule has 1 amide bonds. The third-order valence-corrected chi connectivity index (χ3v) is 3.24. The Labute approximate surface area is 125 Å². The Morgan fingerprint density at radius 2 is 2.10 bits per heavy atom. The fraction of sp³-hybridized carbons (Fsp3) is 0.167. The molecule has 0 unspecified atom stereocenters. The van der Waals surface area contributed by atoms with Crippen molar-refractivity contribution < 1.29 is 4.79 Å². The van der Waals surface area contributed by atoms with Crippen molar-refractivity contribution in [2.45, 2.75) is 13.8 Å². The molecular formula is C12H13N5OS2. The Morgan fingerprint density at radius 1 is 1.35 bits per heavy atom. The summed E-state index contributed by atoms with van der Waals surface area (Å²) in [6.45, 7) is 3.37. The predicted octanol–water partition coefficient (Wildman–Crippen LogP) is 2.13. The first-order valence-electron chi connectivity index (χ1n) is 5.73. The molecule has 4 N–H and O–H groups in total. The maximum atomic E-state index is 11.1. The Kier molecular flexibility index (Phi) is 4.26. The van der Waals surface area contributed by atoms with Gasteiger partial charge in [-0.25, -0.2) is 9.97 Å². The van der Waals surface area contributed by atoms with Gasteiger partial charge in [0.1, 0.15) is 11.5 Å². The summed E-state index contributed by atoms with van der Waals surface area (Å²) in [6, 6.07) is 3.63. The number of amides is 1.